The largest absolute Gasteiger partial charge is 0.462 e. The van der Waals surface area contributed by atoms with Crippen LogP contribution in [0.2, 0.25) is 0 Å². The van der Waals surface area contributed by atoms with Crippen LogP contribution in [0.1, 0.15) is 48.8 Å². The Hall–Kier alpha value is -2.82. The molecule has 8 nitrogen and oxygen atoms in total. The van der Waals surface area contributed by atoms with Gasteiger partial charge >= 0.3 is 11.7 Å². The molecule has 1 N–H and O–H groups in total. The zero-order chi connectivity index (χ0) is 24.0. The molecule has 1 aliphatic heterocycles. The van der Waals surface area contributed by atoms with Gasteiger partial charge in [-0.05, 0) is 50.3 Å². The minimum absolute atomic E-state index is 0.0622. The summed E-state index contributed by atoms with van der Waals surface area (Å²) in [5, 5.41) is 8.33. The van der Waals surface area contributed by atoms with Crippen LogP contribution < -0.4 is 9.62 Å². The number of carbonyl (C=O) groups excluding carboxylic acids is 1. The number of aromatic nitrogens is 2. The molecule has 1 aliphatic rings. The summed E-state index contributed by atoms with van der Waals surface area (Å²) >= 11 is 0.312. The Morgan fingerprint density at radius 3 is 2.79 bits per heavy atom. The summed E-state index contributed by atoms with van der Waals surface area (Å²) in [5.74, 6) is -2.55. The van der Waals surface area contributed by atoms with Crippen LogP contribution in [0.15, 0.2) is 28.6 Å². The van der Waals surface area contributed by atoms with Gasteiger partial charge in [-0.15, -0.1) is 10.2 Å². The second kappa shape index (κ2) is 11.4. The molecule has 0 aliphatic carbocycles. The maximum Gasteiger partial charge on any atom is 0.341 e. The van der Waals surface area contributed by atoms with E-state index in [1.54, 1.807) is 13.8 Å². The molecule has 11 heteroatoms. The fourth-order valence-electron chi connectivity index (χ4n) is 3.61. The molecule has 0 spiro atoms. The van der Waals surface area contributed by atoms with Crippen molar-refractivity contribution >= 4 is 40.9 Å². The highest BCUT2D eigenvalue weighted by Crippen LogP contribution is 2.39. The zero-order valence-electron chi connectivity index (χ0n) is 19.1. The number of hydrogen-bond acceptors (Lipinski definition) is 9. The number of nitrogens with zero attached hydrogens (tertiary/aromatic N) is 5. The van der Waals surface area contributed by atoms with E-state index in [0.29, 0.717) is 34.9 Å². The first-order valence-corrected chi connectivity index (χ1v) is 11.7. The van der Waals surface area contributed by atoms with E-state index in [2.05, 4.69) is 43.7 Å². The maximum absolute atomic E-state index is 12.9. The number of rotatable bonds is 9. The summed E-state index contributed by atoms with van der Waals surface area (Å²) < 4.78 is 33.4. The fraction of sp³-hybridized carbons (Fsp3) is 0.500. The number of anilines is 2. The SMILES string of the molecule is CCOC(=O)c1cnc(/N=N/c2cc3c(cc2NSC(F)F)N(CC(C)C)CCC3)nc1C. The predicted molar refractivity (Wildman–Crippen MR) is 126 cm³/mol. The summed E-state index contributed by atoms with van der Waals surface area (Å²) in [4.78, 5) is 22.5. The summed E-state index contributed by atoms with van der Waals surface area (Å²) in [6.45, 7) is 9.73. The molecule has 3 rings (SSSR count). The Kier molecular flexibility index (Phi) is 8.54. The lowest BCUT2D eigenvalue weighted by Crippen LogP contribution is -2.32. The average Bonchev–Trinajstić information content (AvgIpc) is 2.76. The summed E-state index contributed by atoms with van der Waals surface area (Å²) in [5.41, 5.74) is 3.65. The van der Waals surface area contributed by atoms with Crippen molar-refractivity contribution < 1.29 is 18.3 Å². The van der Waals surface area contributed by atoms with Crippen LogP contribution in [0.4, 0.5) is 31.8 Å². The number of carbonyl (C=O) groups is 1. The number of fused-ring (bicyclic) bond motifs is 1. The van der Waals surface area contributed by atoms with E-state index in [0.717, 1.165) is 37.2 Å². The lowest BCUT2D eigenvalue weighted by Gasteiger charge is -2.33. The third kappa shape index (κ3) is 6.59. The first kappa shape index (κ1) is 24.8. The van der Waals surface area contributed by atoms with Crippen LogP contribution in [0.3, 0.4) is 0 Å². The molecule has 2 aromatic rings. The lowest BCUT2D eigenvalue weighted by atomic mass is 9.99. The second-order valence-corrected chi connectivity index (χ2v) is 8.81. The molecule has 0 radical (unpaired) electrons. The molecule has 0 saturated heterocycles. The number of aryl methyl sites for hydroxylation is 2. The van der Waals surface area contributed by atoms with E-state index >= 15 is 0 Å². The van der Waals surface area contributed by atoms with Crippen molar-refractivity contribution in [3.05, 3.63) is 35.2 Å². The minimum Gasteiger partial charge on any atom is -0.462 e. The second-order valence-electron chi connectivity index (χ2n) is 8.01. The number of halogens is 2. The highest BCUT2D eigenvalue weighted by atomic mass is 32.2. The maximum atomic E-state index is 12.9. The number of ether oxygens (including phenoxy) is 1. The van der Waals surface area contributed by atoms with Gasteiger partial charge in [-0.2, -0.15) is 8.78 Å². The molecular weight excluding hydrogens is 450 g/mol. The van der Waals surface area contributed by atoms with Gasteiger partial charge in [-0.3, -0.25) is 0 Å². The minimum atomic E-state index is -2.58. The van der Waals surface area contributed by atoms with E-state index in [9.17, 15) is 13.6 Å². The Labute approximate surface area is 196 Å². The smallest absolute Gasteiger partial charge is 0.341 e. The number of alkyl halides is 2. The molecule has 2 heterocycles. The van der Waals surface area contributed by atoms with Crippen molar-refractivity contribution in [1.82, 2.24) is 9.97 Å². The number of esters is 1. The highest BCUT2D eigenvalue weighted by molar-refractivity contribution is 8.00. The van der Waals surface area contributed by atoms with E-state index in [-0.39, 0.29) is 18.1 Å². The van der Waals surface area contributed by atoms with Crippen molar-refractivity contribution in [2.24, 2.45) is 16.1 Å². The van der Waals surface area contributed by atoms with Crippen LogP contribution in [-0.4, -0.2) is 41.4 Å². The predicted octanol–water partition coefficient (Wildman–Crippen LogP) is 6.07. The lowest BCUT2D eigenvalue weighted by molar-refractivity contribution is 0.0524. The fourth-order valence-corrected chi connectivity index (χ4v) is 3.99. The van der Waals surface area contributed by atoms with Gasteiger partial charge in [0.15, 0.2) is 0 Å². The van der Waals surface area contributed by atoms with E-state index < -0.39 is 11.7 Å². The van der Waals surface area contributed by atoms with Crippen LogP contribution in [0, 0.1) is 12.8 Å². The molecule has 178 valence electrons. The third-order valence-corrected chi connectivity index (χ3v) is 5.48. The summed E-state index contributed by atoms with van der Waals surface area (Å²) in [6.07, 6.45) is 3.22. The van der Waals surface area contributed by atoms with E-state index in [1.807, 2.05) is 12.1 Å². The van der Waals surface area contributed by atoms with Crippen molar-refractivity contribution in [3.8, 4) is 0 Å². The van der Waals surface area contributed by atoms with Gasteiger partial charge in [0.05, 0.1) is 23.6 Å². The third-order valence-electron chi connectivity index (χ3n) is 4.96. The quantitative estimate of drug-likeness (QED) is 0.266. The molecule has 1 aromatic heterocycles. The molecule has 0 bridgehead atoms. The number of azo groups is 1. The normalized spacial score (nSPS) is 13.6. The van der Waals surface area contributed by atoms with Crippen molar-refractivity contribution in [2.75, 3.05) is 29.3 Å². The first-order chi connectivity index (χ1) is 15.8. The van der Waals surface area contributed by atoms with Gasteiger partial charge in [0, 0.05) is 36.9 Å². The van der Waals surface area contributed by atoms with E-state index in [1.165, 1.54) is 6.20 Å². The van der Waals surface area contributed by atoms with Crippen molar-refractivity contribution in [2.45, 2.75) is 46.3 Å². The Morgan fingerprint density at radius 2 is 2.12 bits per heavy atom. The van der Waals surface area contributed by atoms with Gasteiger partial charge in [0.2, 0.25) is 0 Å². The molecule has 33 heavy (non-hydrogen) atoms. The molecule has 0 amide bonds. The van der Waals surface area contributed by atoms with Gasteiger partial charge in [-0.1, -0.05) is 13.8 Å². The van der Waals surface area contributed by atoms with Crippen LogP contribution in [0.25, 0.3) is 0 Å². The van der Waals surface area contributed by atoms with Crippen molar-refractivity contribution in [1.29, 1.82) is 0 Å². The summed E-state index contributed by atoms with van der Waals surface area (Å²) in [6, 6.07) is 3.73. The molecular formula is C22H28F2N6O2S. The van der Waals surface area contributed by atoms with Crippen molar-refractivity contribution in [3.63, 3.8) is 0 Å². The molecule has 0 saturated carbocycles. The van der Waals surface area contributed by atoms with Crippen LogP contribution in [-0.2, 0) is 11.2 Å². The molecule has 1 aromatic carbocycles. The number of benzene rings is 1. The van der Waals surface area contributed by atoms with Crippen LogP contribution in [0.5, 0.6) is 0 Å². The van der Waals surface area contributed by atoms with Crippen LogP contribution >= 0.6 is 11.9 Å². The standard InChI is InChI=1S/C22H28F2N6O2S/c1-5-32-20(31)16-11-25-22(26-14(16)4)28-27-17-9-15-7-6-8-30(12-13(2)3)19(15)10-18(17)29-33-21(23)24/h9-11,13,21,29H,5-8,12H2,1-4H3/b28-27+. The number of hydrogen-bond donors (Lipinski definition) is 1. The Morgan fingerprint density at radius 1 is 1.33 bits per heavy atom. The Bertz CT molecular complexity index is 1020. The molecule has 0 fully saturated rings. The first-order valence-electron chi connectivity index (χ1n) is 10.8. The highest BCUT2D eigenvalue weighted by Gasteiger charge is 2.21. The monoisotopic (exact) mass is 478 g/mol. The van der Waals surface area contributed by atoms with Gasteiger partial charge in [0.25, 0.3) is 5.95 Å². The molecule has 0 atom stereocenters. The van der Waals surface area contributed by atoms with Gasteiger partial charge in [-0.25, -0.2) is 14.8 Å². The van der Waals surface area contributed by atoms with E-state index in [4.69, 9.17) is 4.74 Å². The summed E-state index contributed by atoms with van der Waals surface area (Å²) in [7, 11) is 0. The zero-order valence-corrected chi connectivity index (χ0v) is 20.0. The Balaban J connectivity index is 1.92. The topological polar surface area (TPSA) is 92.1 Å². The average molecular weight is 479 g/mol. The number of nitrogens with one attached hydrogen (secondary N) is 1. The molecule has 0 unspecified atom stereocenters. The van der Waals surface area contributed by atoms with Gasteiger partial charge in [0.1, 0.15) is 5.69 Å². The van der Waals surface area contributed by atoms with Gasteiger partial charge < -0.3 is 14.4 Å².